The van der Waals surface area contributed by atoms with Crippen LogP contribution in [-0.4, -0.2) is 22.9 Å². The Labute approximate surface area is 88.8 Å². The standard InChI is InChI=1S/C10H16N4O/c1-13(10(11)15)9-7-5-3-4-6-8(7)12-14(9)2/h3-6H2,1-2H3,(H2,11,15). The fraction of sp³-hybridized carbons (Fsp3) is 0.600. The van der Waals surface area contributed by atoms with Crippen molar-refractivity contribution in [2.75, 3.05) is 11.9 Å². The zero-order valence-electron chi connectivity index (χ0n) is 9.16. The Kier molecular flexibility index (Phi) is 2.38. The molecule has 0 fully saturated rings. The molecule has 1 aliphatic rings. The van der Waals surface area contributed by atoms with Crippen molar-refractivity contribution in [3.63, 3.8) is 0 Å². The molecule has 0 aliphatic heterocycles. The Bertz CT molecular complexity index is 396. The molecule has 82 valence electrons. The van der Waals surface area contributed by atoms with E-state index < -0.39 is 6.03 Å². The van der Waals surface area contributed by atoms with Crippen molar-refractivity contribution in [1.82, 2.24) is 9.78 Å². The fourth-order valence-corrected chi connectivity index (χ4v) is 2.19. The number of fused-ring (bicyclic) bond motifs is 1. The van der Waals surface area contributed by atoms with Gasteiger partial charge in [-0.05, 0) is 25.7 Å². The van der Waals surface area contributed by atoms with E-state index in [-0.39, 0.29) is 0 Å². The molecule has 1 aromatic heterocycles. The predicted octanol–water partition coefficient (Wildman–Crippen LogP) is 0.814. The molecule has 2 N–H and O–H groups in total. The summed E-state index contributed by atoms with van der Waals surface area (Å²) in [6, 6.07) is -0.439. The van der Waals surface area contributed by atoms with Crippen LogP contribution >= 0.6 is 0 Å². The zero-order chi connectivity index (χ0) is 11.0. The van der Waals surface area contributed by atoms with E-state index in [0.717, 1.165) is 30.8 Å². The zero-order valence-corrected chi connectivity index (χ0v) is 9.16. The van der Waals surface area contributed by atoms with Gasteiger partial charge in [-0.15, -0.1) is 0 Å². The first-order valence-electron chi connectivity index (χ1n) is 5.19. The van der Waals surface area contributed by atoms with Crippen LogP contribution in [0.5, 0.6) is 0 Å². The summed E-state index contributed by atoms with van der Waals surface area (Å²) in [6.45, 7) is 0. The van der Waals surface area contributed by atoms with Gasteiger partial charge >= 0.3 is 6.03 Å². The molecule has 2 rings (SSSR count). The van der Waals surface area contributed by atoms with Gasteiger partial charge in [-0.25, -0.2) is 4.79 Å². The number of carbonyl (C=O) groups is 1. The first-order chi connectivity index (χ1) is 7.11. The Morgan fingerprint density at radius 2 is 2.13 bits per heavy atom. The second-order valence-electron chi connectivity index (χ2n) is 3.98. The molecule has 15 heavy (non-hydrogen) atoms. The number of amides is 2. The second-order valence-corrected chi connectivity index (χ2v) is 3.98. The molecule has 2 amide bonds. The average molecular weight is 208 g/mol. The maximum absolute atomic E-state index is 11.1. The lowest BCUT2D eigenvalue weighted by Crippen LogP contribution is -2.34. The van der Waals surface area contributed by atoms with Crippen molar-refractivity contribution in [3.05, 3.63) is 11.3 Å². The summed E-state index contributed by atoms with van der Waals surface area (Å²) < 4.78 is 1.75. The summed E-state index contributed by atoms with van der Waals surface area (Å²) in [5.74, 6) is 0.845. The third-order valence-corrected chi connectivity index (χ3v) is 2.93. The maximum Gasteiger partial charge on any atom is 0.320 e. The van der Waals surface area contributed by atoms with Crippen LogP contribution in [-0.2, 0) is 19.9 Å². The van der Waals surface area contributed by atoms with Gasteiger partial charge in [-0.1, -0.05) is 0 Å². The normalized spacial score (nSPS) is 14.8. The van der Waals surface area contributed by atoms with Crippen molar-refractivity contribution in [3.8, 4) is 0 Å². The van der Waals surface area contributed by atoms with Gasteiger partial charge in [0.1, 0.15) is 5.82 Å². The molecule has 0 atom stereocenters. The molecule has 0 unspecified atom stereocenters. The molecule has 1 heterocycles. The minimum Gasteiger partial charge on any atom is -0.351 e. The summed E-state index contributed by atoms with van der Waals surface area (Å²) in [6.07, 6.45) is 4.36. The topological polar surface area (TPSA) is 64.2 Å². The summed E-state index contributed by atoms with van der Waals surface area (Å²) in [5, 5.41) is 4.42. The van der Waals surface area contributed by atoms with Crippen LogP contribution in [0.25, 0.3) is 0 Å². The van der Waals surface area contributed by atoms with E-state index >= 15 is 0 Å². The molecular formula is C10H16N4O. The van der Waals surface area contributed by atoms with Gasteiger partial charge in [0.05, 0.1) is 5.69 Å². The van der Waals surface area contributed by atoms with Gasteiger partial charge in [0.15, 0.2) is 0 Å². The number of rotatable bonds is 1. The van der Waals surface area contributed by atoms with Crippen molar-refractivity contribution in [2.45, 2.75) is 25.7 Å². The lowest BCUT2D eigenvalue weighted by atomic mass is 9.97. The second kappa shape index (κ2) is 3.56. The Morgan fingerprint density at radius 3 is 2.80 bits per heavy atom. The largest absolute Gasteiger partial charge is 0.351 e. The number of aromatic nitrogens is 2. The van der Waals surface area contributed by atoms with Gasteiger partial charge in [0.2, 0.25) is 0 Å². The third-order valence-electron chi connectivity index (χ3n) is 2.93. The quantitative estimate of drug-likeness (QED) is 0.742. The van der Waals surface area contributed by atoms with Crippen LogP contribution in [0, 0.1) is 0 Å². The molecule has 0 saturated carbocycles. The molecule has 5 heteroatoms. The molecule has 0 bridgehead atoms. The predicted molar refractivity (Wildman–Crippen MR) is 57.8 cm³/mol. The number of hydrogen-bond acceptors (Lipinski definition) is 2. The number of urea groups is 1. The van der Waals surface area contributed by atoms with Crippen molar-refractivity contribution >= 4 is 11.8 Å². The summed E-state index contributed by atoms with van der Waals surface area (Å²) in [5.41, 5.74) is 7.58. The minimum absolute atomic E-state index is 0.439. The first-order valence-corrected chi connectivity index (χ1v) is 5.19. The average Bonchev–Trinajstić information content (AvgIpc) is 2.52. The molecule has 1 aliphatic carbocycles. The highest BCUT2D eigenvalue weighted by Crippen LogP contribution is 2.29. The Morgan fingerprint density at radius 1 is 1.47 bits per heavy atom. The Hall–Kier alpha value is -1.52. The number of aryl methyl sites for hydroxylation is 2. The fourth-order valence-electron chi connectivity index (χ4n) is 2.19. The van der Waals surface area contributed by atoms with E-state index in [4.69, 9.17) is 5.73 Å². The summed E-state index contributed by atoms with van der Waals surface area (Å²) in [4.78, 5) is 12.6. The van der Waals surface area contributed by atoms with E-state index in [9.17, 15) is 4.79 Å². The molecule has 5 nitrogen and oxygen atoms in total. The van der Waals surface area contributed by atoms with E-state index in [0.29, 0.717) is 0 Å². The number of anilines is 1. The van der Waals surface area contributed by atoms with Crippen molar-refractivity contribution in [1.29, 1.82) is 0 Å². The van der Waals surface area contributed by atoms with Gasteiger partial charge in [-0.2, -0.15) is 5.10 Å². The summed E-state index contributed by atoms with van der Waals surface area (Å²) in [7, 11) is 3.54. The van der Waals surface area contributed by atoms with Crippen LogP contribution in [0.15, 0.2) is 0 Å². The molecule has 1 aromatic rings. The van der Waals surface area contributed by atoms with E-state index in [1.54, 1.807) is 11.7 Å². The van der Waals surface area contributed by atoms with E-state index in [1.807, 2.05) is 7.05 Å². The van der Waals surface area contributed by atoms with Gasteiger partial charge in [-0.3, -0.25) is 9.58 Å². The molecule has 0 saturated heterocycles. The smallest absolute Gasteiger partial charge is 0.320 e. The number of hydrogen-bond donors (Lipinski definition) is 1. The highest BCUT2D eigenvalue weighted by atomic mass is 16.2. The number of nitrogens with two attached hydrogens (primary N) is 1. The SMILES string of the molecule is CN(C(N)=O)c1c2c(nn1C)CCCC2. The van der Waals surface area contributed by atoms with Gasteiger partial charge in [0, 0.05) is 19.7 Å². The summed E-state index contributed by atoms with van der Waals surface area (Å²) >= 11 is 0. The minimum atomic E-state index is -0.439. The molecule has 0 radical (unpaired) electrons. The van der Waals surface area contributed by atoms with E-state index in [1.165, 1.54) is 16.9 Å². The molecule has 0 spiro atoms. The van der Waals surface area contributed by atoms with Gasteiger partial charge in [0.25, 0.3) is 0 Å². The maximum atomic E-state index is 11.1. The highest BCUT2D eigenvalue weighted by Gasteiger charge is 2.23. The van der Waals surface area contributed by atoms with Gasteiger partial charge < -0.3 is 5.73 Å². The van der Waals surface area contributed by atoms with Crippen LogP contribution in [0.1, 0.15) is 24.1 Å². The van der Waals surface area contributed by atoms with E-state index in [2.05, 4.69) is 5.10 Å². The Balaban J connectivity index is 2.46. The van der Waals surface area contributed by atoms with Crippen LogP contribution in [0.4, 0.5) is 10.6 Å². The molecular weight excluding hydrogens is 192 g/mol. The van der Waals surface area contributed by atoms with Crippen molar-refractivity contribution < 1.29 is 4.79 Å². The van der Waals surface area contributed by atoms with Crippen LogP contribution in [0.2, 0.25) is 0 Å². The number of primary amides is 1. The number of nitrogens with zero attached hydrogens (tertiary/aromatic N) is 3. The lowest BCUT2D eigenvalue weighted by Gasteiger charge is -2.18. The number of carbonyl (C=O) groups excluding carboxylic acids is 1. The third kappa shape index (κ3) is 1.58. The van der Waals surface area contributed by atoms with Crippen molar-refractivity contribution in [2.24, 2.45) is 12.8 Å². The lowest BCUT2D eigenvalue weighted by molar-refractivity contribution is 0.254. The first kappa shape index (κ1) is 10.0. The van der Waals surface area contributed by atoms with Crippen LogP contribution in [0.3, 0.4) is 0 Å². The monoisotopic (exact) mass is 208 g/mol. The van der Waals surface area contributed by atoms with Crippen LogP contribution < -0.4 is 10.6 Å². The molecule has 0 aromatic carbocycles. The highest BCUT2D eigenvalue weighted by molar-refractivity contribution is 5.90.